The second-order valence-electron chi connectivity index (χ2n) is 16.2. The smallest absolute Gasteiger partial charge is 0.234 e. The van der Waals surface area contributed by atoms with Crippen LogP contribution in [-0.2, 0) is 19.5 Å². The highest BCUT2D eigenvalue weighted by atomic mass is 15.1. The van der Waals surface area contributed by atoms with Crippen LogP contribution in [0.4, 0.5) is 0 Å². The van der Waals surface area contributed by atoms with Gasteiger partial charge in [0.05, 0.1) is 13.1 Å². The Bertz CT molecular complexity index is 751. The van der Waals surface area contributed by atoms with Crippen molar-refractivity contribution in [1.29, 1.82) is 0 Å². The molecule has 0 atom stereocenters. The largest absolute Gasteiger partial charge is 0.256 e. The third kappa shape index (κ3) is 30.5. The predicted octanol–water partition coefficient (Wildman–Crippen LogP) is 16.2. The Morgan fingerprint density at radius 3 is 0.980 bits per heavy atom. The molecule has 0 N–H and O–H groups in total. The van der Waals surface area contributed by atoms with Crippen molar-refractivity contribution in [3.8, 4) is 0 Å². The zero-order chi connectivity index (χ0) is 35.1. The highest BCUT2D eigenvalue weighted by molar-refractivity contribution is 4.84. The number of nitrogens with zero attached hydrogens (tertiary/aromatic N) is 2. The minimum absolute atomic E-state index is 1.23. The normalized spacial score (nSPS) is 11.7. The predicted molar refractivity (Wildman–Crippen MR) is 221 cm³/mol. The van der Waals surface area contributed by atoms with Gasteiger partial charge >= 0.3 is 0 Å². The fraction of sp³-hybridized carbons (Fsp3) is 0.936. The molecule has 0 aliphatic rings. The van der Waals surface area contributed by atoms with Gasteiger partial charge in [-0.05, 0) is 32.1 Å². The number of aryl methyl sites for hydroxylation is 2. The summed E-state index contributed by atoms with van der Waals surface area (Å²) in [6.45, 7) is 9.41. The van der Waals surface area contributed by atoms with Gasteiger partial charge < -0.3 is 0 Å². The zero-order valence-electron chi connectivity index (χ0n) is 34.5. The Morgan fingerprint density at radius 2 is 0.633 bits per heavy atom. The minimum Gasteiger partial charge on any atom is -0.234 e. The highest BCUT2D eigenvalue weighted by Gasteiger charge is 2.16. The maximum atomic E-state index is 2.65. The summed E-state index contributed by atoms with van der Waals surface area (Å²) in [6, 6.07) is 0. The molecule has 2 heteroatoms. The van der Waals surface area contributed by atoms with E-state index in [2.05, 4.69) is 42.3 Å². The molecule has 49 heavy (non-hydrogen) atoms. The lowest BCUT2D eigenvalue weighted by Crippen LogP contribution is -2.37. The summed E-state index contributed by atoms with van der Waals surface area (Å²) >= 11 is 0. The third-order valence-corrected chi connectivity index (χ3v) is 11.3. The first kappa shape index (κ1) is 46.2. The van der Waals surface area contributed by atoms with Crippen LogP contribution in [0.3, 0.4) is 0 Å². The van der Waals surface area contributed by atoms with Crippen LogP contribution in [0.15, 0.2) is 12.4 Å². The van der Waals surface area contributed by atoms with Gasteiger partial charge in [0.15, 0.2) is 0 Å². The van der Waals surface area contributed by atoms with Crippen molar-refractivity contribution in [2.45, 2.75) is 284 Å². The van der Waals surface area contributed by atoms with E-state index >= 15 is 0 Å². The Hall–Kier alpha value is -0.790. The summed E-state index contributed by atoms with van der Waals surface area (Å²) < 4.78 is 5.30. The van der Waals surface area contributed by atoms with E-state index in [0.29, 0.717) is 0 Å². The summed E-state index contributed by atoms with van der Waals surface area (Å²) in [5, 5.41) is 0. The lowest BCUT2D eigenvalue weighted by Gasteiger charge is -2.07. The summed E-state index contributed by atoms with van der Waals surface area (Å²) in [6.07, 6.45) is 60.8. The molecule has 1 aromatic rings. The van der Waals surface area contributed by atoms with Gasteiger partial charge in [-0.25, -0.2) is 9.13 Å². The Kier molecular flexibility index (Phi) is 36.3. The minimum atomic E-state index is 1.23. The van der Waals surface area contributed by atoms with Gasteiger partial charge in [-0.1, -0.05) is 233 Å². The average Bonchev–Trinajstić information content (AvgIpc) is 3.50. The standard InChI is InChI=1S/C47H93N2/c1-4-7-10-13-16-19-22-23-24-25-26-27-29-32-35-38-41-44-49-46-45-48(43-40-37-34-31-21-18-15-12-9-6-3)47(49)42-39-36-33-30-28-20-17-14-11-8-5-2/h45-46H,4-44H2,1-3H3/q+1. The summed E-state index contributed by atoms with van der Waals surface area (Å²) in [4.78, 5) is 0. The summed E-state index contributed by atoms with van der Waals surface area (Å²) in [5.74, 6) is 1.63. The molecule has 2 nitrogen and oxygen atoms in total. The molecule has 290 valence electrons. The molecule has 1 aromatic heterocycles. The van der Waals surface area contributed by atoms with Gasteiger partial charge in [0.25, 0.3) is 5.82 Å². The molecule has 0 saturated heterocycles. The van der Waals surface area contributed by atoms with Crippen LogP contribution < -0.4 is 4.57 Å². The van der Waals surface area contributed by atoms with Crippen LogP contribution in [0, 0.1) is 0 Å². The second kappa shape index (κ2) is 38.4. The van der Waals surface area contributed by atoms with Crippen molar-refractivity contribution >= 4 is 0 Å². The number of hydrogen-bond acceptors (Lipinski definition) is 0. The molecule has 0 aromatic carbocycles. The monoisotopic (exact) mass is 686 g/mol. The van der Waals surface area contributed by atoms with E-state index in [1.54, 1.807) is 5.82 Å². The lowest BCUT2D eigenvalue weighted by molar-refractivity contribution is -0.704. The first-order valence-corrected chi connectivity index (χ1v) is 23.4. The molecule has 0 amide bonds. The highest BCUT2D eigenvalue weighted by Crippen LogP contribution is 2.16. The molecule has 1 rings (SSSR count). The molecule has 0 unspecified atom stereocenters. The van der Waals surface area contributed by atoms with E-state index in [0.717, 1.165) is 0 Å². The molecule has 0 spiro atoms. The SMILES string of the molecule is CCCCCCCCCCCCCCCCCCC[n+]1ccn(CCCCCCCCCCCC)c1CCCCCCCCCCCCC. The average molecular weight is 686 g/mol. The van der Waals surface area contributed by atoms with Crippen molar-refractivity contribution in [1.82, 2.24) is 4.57 Å². The third-order valence-electron chi connectivity index (χ3n) is 11.3. The van der Waals surface area contributed by atoms with Gasteiger partial charge in [0.2, 0.25) is 0 Å². The lowest BCUT2D eigenvalue weighted by atomic mass is 10.0. The Labute approximate surface area is 310 Å². The molecule has 1 heterocycles. The molecule has 0 radical (unpaired) electrons. The molecule has 0 aliphatic heterocycles. The van der Waals surface area contributed by atoms with Crippen LogP contribution >= 0.6 is 0 Å². The number of unbranched alkanes of at least 4 members (excludes halogenated alkanes) is 35. The van der Waals surface area contributed by atoms with E-state index in [1.807, 2.05) is 0 Å². The molecule has 0 fully saturated rings. The number of imidazole rings is 1. The van der Waals surface area contributed by atoms with E-state index in [4.69, 9.17) is 0 Å². The van der Waals surface area contributed by atoms with Crippen LogP contribution in [0.1, 0.15) is 271 Å². The van der Waals surface area contributed by atoms with Gasteiger partial charge in [-0.3, -0.25) is 0 Å². The van der Waals surface area contributed by atoms with Gasteiger partial charge in [0, 0.05) is 6.42 Å². The van der Waals surface area contributed by atoms with Crippen LogP contribution in [-0.4, -0.2) is 4.57 Å². The van der Waals surface area contributed by atoms with Crippen molar-refractivity contribution < 1.29 is 4.57 Å². The van der Waals surface area contributed by atoms with E-state index in [1.165, 1.54) is 264 Å². The molecular formula is C47H93N2+. The van der Waals surface area contributed by atoms with Crippen molar-refractivity contribution in [3.05, 3.63) is 18.2 Å². The number of rotatable bonds is 41. The number of aromatic nitrogens is 2. The Morgan fingerprint density at radius 1 is 0.347 bits per heavy atom. The zero-order valence-corrected chi connectivity index (χ0v) is 34.5. The first-order chi connectivity index (χ1) is 24.3. The van der Waals surface area contributed by atoms with E-state index < -0.39 is 0 Å². The van der Waals surface area contributed by atoms with Gasteiger partial charge in [-0.15, -0.1) is 0 Å². The fourth-order valence-corrected chi connectivity index (χ4v) is 7.92. The van der Waals surface area contributed by atoms with Crippen LogP contribution in [0.2, 0.25) is 0 Å². The molecule has 0 aliphatic carbocycles. The van der Waals surface area contributed by atoms with Crippen molar-refractivity contribution in [3.63, 3.8) is 0 Å². The van der Waals surface area contributed by atoms with Crippen molar-refractivity contribution in [2.75, 3.05) is 0 Å². The molecule has 0 saturated carbocycles. The summed E-state index contributed by atoms with van der Waals surface area (Å²) in [7, 11) is 0. The molecule has 0 bridgehead atoms. The van der Waals surface area contributed by atoms with E-state index in [-0.39, 0.29) is 0 Å². The number of hydrogen-bond donors (Lipinski definition) is 0. The topological polar surface area (TPSA) is 8.81 Å². The van der Waals surface area contributed by atoms with Crippen molar-refractivity contribution in [2.24, 2.45) is 0 Å². The molecular weight excluding hydrogens is 593 g/mol. The fourth-order valence-electron chi connectivity index (χ4n) is 7.92. The van der Waals surface area contributed by atoms with Gasteiger partial charge in [0.1, 0.15) is 12.4 Å². The first-order valence-electron chi connectivity index (χ1n) is 23.4. The van der Waals surface area contributed by atoms with Crippen LogP contribution in [0.25, 0.3) is 0 Å². The Balaban J connectivity index is 2.23. The quantitative estimate of drug-likeness (QED) is 0.0479. The maximum absolute atomic E-state index is 2.65. The summed E-state index contributed by atoms with van der Waals surface area (Å²) in [5.41, 5.74) is 0. The van der Waals surface area contributed by atoms with E-state index in [9.17, 15) is 0 Å². The second-order valence-corrected chi connectivity index (χ2v) is 16.2. The maximum Gasteiger partial charge on any atom is 0.256 e. The van der Waals surface area contributed by atoms with Crippen LogP contribution in [0.5, 0.6) is 0 Å². The van der Waals surface area contributed by atoms with Gasteiger partial charge in [-0.2, -0.15) is 0 Å².